The van der Waals surface area contributed by atoms with Crippen molar-refractivity contribution in [2.45, 2.75) is 26.9 Å². The molecule has 0 bridgehead atoms. The molecular formula is C19H26N4O2. The van der Waals surface area contributed by atoms with Crippen LogP contribution >= 0.6 is 0 Å². The van der Waals surface area contributed by atoms with E-state index in [0.29, 0.717) is 25.6 Å². The van der Waals surface area contributed by atoms with Gasteiger partial charge in [0, 0.05) is 38.0 Å². The van der Waals surface area contributed by atoms with Gasteiger partial charge in [0.05, 0.1) is 13.7 Å². The van der Waals surface area contributed by atoms with Crippen molar-refractivity contribution in [1.82, 2.24) is 15.6 Å². The van der Waals surface area contributed by atoms with Gasteiger partial charge in [0.1, 0.15) is 5.75 Å². The maximum absolute atomic E-state index is 5.72. The van der Waals surface area contributed by atoms with Crippen molar-refractivity contribution >= 4 is 5.96 Å². The Hall–Kier alpha value is -2.76. The second kappa shape index (κ2) is 9.52. The number of aromatic nitrogens is 1. The molecule has 0 saturated heterocycles. The highest BCUT2D eigenvalue weighted by Crippen LogP contribution is 2.20. The Morgan fingerprint density at radius 3 is 2.68 bits per heavy atom. The number of nitrogens with one attached hydrogen (secondary N) is 2. The fourth-order valence-corrected chi connectivity index (χ4v) is 2.36. The maximum atomic E-state index is 5.72. The Morgan fingerprint density at radius 1 is 1.16 bits per heavy atom. The number of hydrogen-bond acceptors (Lipinski definition) is 4. The average molecular weight is 342 g/mol. The van der Waals surface area contributed by atoms with Crippen LogP contribution in [0, 0.1) is 6.92 Å². The van der Waals surface area contributed by atoms with Crippen LogP contribution in [0.4, 0.5) is 0 Å². The lowest BCUT2D eigenvalue weighted by molar-refractivity contribution is 0.336. The minimum atomic E-state index is 0.600. The molecule has 0 aliphatic rings. The molecule has 1 aromatic carbocycles. The highest BCUT2D eigenvalue weighted by molar-refractivity contribution is 5.79. The number of nitrogens with zero attached hydrogens (tertiary/aromatic N) is 2. The summed E-state index contributed by atoms with van der Waals surface area (Å²) in [5.41, 5.74) is 3.35. The summed E-state index contributed by atoms with van der Waals surface area (Å²) < 4.78 is 10.9. The van der Waals surface area contributed by atoms with Gasteiger partial charge in [-0.1, -0.05) is 12.1 Å². The molecule has 25 heavy (non-hydrogen) atoms. The Labute approximate surface area is 149 Å². The molecule has 0 aliphatic heterocycles. The third-order valence-corrected chi connectivity index (χ3v) is 3.66. The van der Waals surface area contributed by atoms with E-state index in [1.807, 2.05) is 19.1 Å². The van der Waals surface area contributed by atoms with Crippen LogP contribution in [0.5, 0.6) is 11.6 Å². The topological polar surface area (TPSA) is 67.8 Å². The largest absolute Gasteiger partial charge is 0.494 e. The highest BCUT2D eigenvalue weighted by atomic mass is 16.5. The van der Waals surface area contributed by atoms with Crippen molar-refractivity contribution in [2.75, 3.05) is 20.8 Å². The van der Waals surface area contributed by atoms with Gasteiger partial charge in [0.15, 0.2) is 5.96 Å². The molecule has 0 unspecified atom stereocenters. The van der Waals surface area contributed by atoms with Crippen LogP contribution in [0.15, 0.2) is 41.5 Å². The van der Waals surface area contributed by atoms with E-state index in [0.717, 1.165) is 22.8 Å². The molecule has 6 heteroatoms. The van der Waals surface area contributed by atoms with Crippen LogP contribution in [0.1, 0.15) is 23.6 Å². The molecule has 2 N–H and O–H groups in total. The van der Waals surface area contributed by atoms with E-state index < -0.39 is 0 Å². The summed E-state index contributed by atoms with van der Waals surface area (Å²) >= 11 is 0. The molecule has 134 valence electrons. The molecule has 1 aromatic heterocycles. The van der Waals surface area contributed by atoms with Crippen molar-refractivity contribution in [1.29, 1.82) is 0 Å². The number of methoxy groups -OCH3 is 1. The zero-order valence-corrected chi connectivity index (χ0v) is 15.3. The van der Waals surface area contributed by atoms with Crippen LogP contribution in [-0.4, -0.2) is 31.7 Å². The van der Waals surface area contributed by atoms with Crippen LogP contribution < -0.4 is 20.1 Å². The van der Waals surface area contributed by atoms with Crippen molar-refractivity contribution in [3.05, 3.63) is 53.2 Å². The van der Waals surface area contributed by atoms with Gasteiger partial charge in [-0.25, -0.2) is 4.98 Å². The first-order valence-electron chi connectivity index (χ1n) is 8.32. The number of hydrogen-bond donors (Lipinski definition) is 2. The van der Waals surface area contributed by atoms with Crippen LogP contribution in [0.3, 0.4) is 0 Å². The highest BCUT2D eigenvalue weighted by Gasteiger charge is 2.06. The maximum Gasteiger partial charge on any atom is 0.213 e. The van der Waals surface area contributed by atoms with E-state index in [-0.39, 0.29) is 0 Å². The van der Waals surface area contributed by atoms with Crippen molar-refractivity contribution in [3.8, 4) is 11.6 Å². The molecule has 0 spiro atoms. The molecule has 6 nitrogen and oxygen atoms in total. The summed E-state index contributed by atoms with van der Waals surface area (Å²) in [4.78, 5) is 8.37. The zero-order valence-electron chi connectivity index (χ0n) is 15.3. The zero-order chi connectivity index (χ0) is 18.1. The van der Waals surface area contributed by atoms with Gasteiger partial charge in [-0.05, 0) is 37.1 Å². The second-order valence-corrected chi connectivity index (χ2v) is 5.53. The first-order valence-corrected chi connectivity index (χ1v) is 8.32. The molecule has 0 atom stereocenters. The molecular weight excluding hydrogens is 316 g/mol. The predicted molar refractivity (Wildman–Crippen MR) is 100 cm³/mol. The summed E-state index contributed by atoms with van der Waals surface area (Å²) in [6, 6.07) is 10.1. The number of pyridine rings is 1. The molecule has 2 rings (SSSR count). The lowest BCUT2D eigenvalue weighted by Gasteiger charge is -2.15. The van der Waals surface area contributed by atoms with E-state index in [2.05, 4.69) is 45.7 Å². The summed E-state index contributed by atoms with van der Waals surface area (Å²) in [7, 11) is 3.36. The first kappa shape index (κ1) is 18.6. The Balaban J connectivity index is 1.94. The van der Waals surface area contributed by atoms with Crippen molar-refractivity contribution in [3.63, 3.8) is 0 Å². The number of rotatable bonds is 7. The van der Waals surface area contributed by atoms with Crippen molar-refractivity contribution in [2.24, 2.45) is 4.99 Å². The van der Waals surface area contributed by atoms with E-state index in [1.165, 1.54) is 5.56 Å². The lowest BCUT2D eigenvalue weighted by atomic mass is 10.1. The molecule has 0 fully saturated rings. The Kier molecular flexibility index (Phi) is 7.07. The number of aliphatic imine (C=N–C) groups is 1. The van der Waals surface area contributed by atoms with Gasteiger partial charge in [-0.2, -0.15) is 0 Å². The van der Waals surface area contributed by atoms with E-state index in [9.17, 15) is 0 Å². The summed E-state index contributed by atoms with van der Waals surface area (Å²) in [6.45, 7) is 5.96. The quantitative estimate of drug-likeness (QED) is 0.598. The number of guanidine groups is 1. The summed E-state index contributed by atoms with van der Waals surface area (Å²) in [5.74, 6) is 2.23. The van der Waals surface area contributed by atoms with Gasteiger partial charge >= 0.3 is 0 Å². The smallest absolute Gasteiger partial charge is 0.213 e. The third-order valence-electron chi connectivity index (χ3n) is 3.66. The minimum Gasteiger partial charge on any atom is -0.494 e. The van der Waals surface area contributed by atoms with Gasteiger partial charge in [-0.3, -0.25) is 4.99 Å². The van der Waals surface area contributed by atoms with Crippen LogP contribution in [0.25, 0.3) is 0 Å². The van der Waals surface area contributed by atoms with Crippen LogP contribution in [0.2, 0.25) is 0 Å². The monoisotopic (exact) mass is 342 g/mol. The molecule has 2 aromatic rings. The van der Waals surface area contributed by atoms with Gasteiger partial charge in [-0.15, -0.1) is 0 Å². The fourth-order valence-electron chi connectivity index (χ4n) is 2.36. The molecule has 1 heterocycles. The van der Waals surface area contributed by atoms with Gasteiger partial charge in [0.25, 0.3) is 0 Å². The van der Waals surface area contributed by atoms with Gasteiger partial charge in [0.2, 0.25) is 5.88 Å². The minimum absolute atomic E-state index is 0.600. The predicted octanol–water partition coefficient (Wildman–Crippen LogP) is 2.66. The number of aryl methyl sites for hydroxylation is 1. The van der Waals surface area contributed by atoms with Gasteiger partial charge < -0.3 is 20.1 Å². The second-order valence-electron chi connectivity index (χ2n) is 5.53. The summed E-state index contributed by atoms with van der Waals surface area (Å²) in [6.07, 6.45) is 1.73. The SMILES string of the molecule is CCOc1cc(C)ccc1CNC(=NC)NCc1ccnc(OC)c1. The first-order chi connectivity index (χ1) is 12.2. The molecule has 0 aliphatic carbocycles. The van der Waals surface area contributed by atoms with E-state index in [1.54, 1.807) is 20.4 Å². The average Bonchev–Trinajstić information content (AvgIpc) is 2.63. The Morgan fingerprint density at radius 2 is 1.96 bits per heavy atom. The van der Waals surface area contributed by atoms with E-state index in [4.69, 9.17) is 9.47 Å². The molecule has 0 amide bonds. The normalized spacial score (nSPS) is 11.1. The van der Waals surface area contributed by atoms with E-state index >= 15 is 0 Å². The number of ether oxygens (including phenoxy) is 2. The van der Waals surface area contributed by atoms with Crippen molar-refractivity contribution < 1.29 is 9.47 Å². The molecule has 0 saturated carbocycles. The standard InChI is InChI=1S/C19H26N4O2/c1-5-25-17-10-14(2)6-7-16(17)13-23-19(20-3)22-12-15-8-9-21-18(11-15)24-4/h6-11H,5,12-13H2,1-4H3,(H2,20,22,23). The third kappa shape index (κ3) is 5.67. The summed E-state index contributed by atoms with van der Waals surface area (Å²) in [5, 5.41) is 6.60. The Bertz CT molecular complexity index is 716. The lowest BCUT2D eigenvalue weighted by Crippen LogP contribution is -2.36. The van der Waals surface area contributed by atoms with Crippen LogP contribution in [-0.2, 0) is 13.1 Å². The number of benzene rings is 1. The fraction of sp³-hybridized carbons (Fsp3) is 0.368. The molecule has 0 radical (unpaired) electrons.